The minimum atomic E-state index is -0.179. The fraction of sp³-hybridized carbons (Fsp3) is 0.524. The number of nitrogens with one attached hydrogen (secondary N) is 1. The van der Waals surface area contributed by atoms with E-state index in [-0.39, 0.29) is 12.0 Å². The van der Waals surface area contributed by atoms with E-state index in [1.807, 2.05) is 26.0 Å². The molecule has 0 radical (unpaired) electrons. The average Bonchev–Trinajstić information content (AvgIpc) is 3.03. The number of hydrogen-bond acceptors (Lipinski definition) is 5. The largest absolute Gasteiger partial charge is 0.372 e. The van der Waals surface area contributed by atoms with Crippen LogP contribution in [0.3, 0.4) is 0 Å². The molecule has 6 heteroatoms. The normalized spacial score (nSPS) is 16.7. The molecule has 2 aromatic rings. The quantitative estimate of drug-likeness (QED) is 0.736. The predicted octanol–water partition coefficient (Wildman–Crippen LogP) is 4.87. The van der Waals surface area contributed by atoms with Crippen molar-refractivity contribution in [2.45, 2.75) is 52.2 Å². The van der Waals surface area contributed by atoms with Crippen LogP contribution in [0.1, 0.15) is 66.7 Å². The molecule has 3 rings (SSSR count). The summed E-state index contributed by atoms with van der Waals surface area (Å²) in [5.74, 6) is -0.179. The van der Waals surface area contributed by atoms with Crippen LogP contribution < -0.4 is 5.32 Å². The minimum Gasteiger partial charge on any atom is -0.372 e. The van der Waals surface area contributed by atoms with Gasteiger partial charge in [-0.15, -0.1) is 11.3 Å². The molecule has 2 heterocycles. The zero-order valence-corrected chi connectivity index (χ0v) is 17.1. The maximum Gasteiger partial charge on any atom is 0.275 e. The van der Waals surface area contributed by atoms with Crippen LogP contribution in [0, 0.1) is 0 Å². The van der Waals surface area contributed by atoms with Crippen molar-refractivity contribution in [2.75, 3.05) is 25.0 Å². The Hall–Kier alpha value is -1.76. The van der Waals surface area contributed by atoms with Crippen molar-refractivity contribution in [3.63, 3.8) is 0 Å². The molecule has 1 N–H and O–H groups in total. The molecule has 146 valence electrons. The summed E-state index contributed by atoms with van der Waals surface area (Å²) in [4.78, 5) is 19.4. The second-order valence-electron chi connectivity index (χ2n) is 7.01. The molecule has 1 aliphatic rings. The Bertz CT molecular complexity index is 721. The first-order chi connectivity index (χ1) is 13.2. The van der Waals surface area contributed by atoms with Crippen molar-refractivity contribution < 1.29 is 9.53 Å². The van der Waals surface area contributed by atoms with Gasteiger partial charge in [0.05, 0.1) is 0 Å². The van der Waals surface area contributed by atoms with Gasteiger partial charge in [0.2, 0.25) is 0 Å². The van der Waals surface area contributed by atoms with Crippen molar-refractivity contribution in [2.24, 2.45) is 0 Å². The number of benzene rings is 1. The molecular formula is C21H29N3O2S. The molecule has 0 aliphatic carbocycles. The third kappa shape index (κ3) is 5.86. The van der Waals surface area contributed by atoms with Crippen LogP contribution in [-0.4, -0.2) is 35.5 Å². The van der Waals surface area contributed by atoms with Gasteiger partial charge < -0.3 is 10.1 Å². The standard InChI is InChI=1S/C21H29N3O2S/c1-3-26-16(2)21-23-19(15-27-21)20(25)22-18-10-8-17(9-11-18)14-24-12-6-4-5-7-13-24/h8-11,15-16H,3-7,12-14H2,1-2H3,(H,22,25)/t16-/m1/s1. The van der Waals surface area contributed by atoms with E-state index in [2.05, 4.69) is 27.3 Å². The van der Waals surface area contributed by atoms with Gasteiger partial charge in [0, 0.05) is 24.2 Å². The van der Waals surface area contributed by atoms with Gasteiger partial charge in [-0.25, -0.2) is 4.98 Å². The molecule has 0 bridgehead atoms. The first kappa shape index (κ1) is 20.0. The predicted molar refractivity (Wildman–Crippen MR) is 110 cm³/mol. The molecule has 5 nitrogen and oxygen atoms in total. The van der Waals surface area contributed by atoms with Crippen LogP contribution in [0.25, 0.3) is 0 Å². The smallest absolute Gasteiger partial charge is 0.275 e. The van der Waals surface area contributed by atoms with Crippen LogP contribution in [0.5, 0.6) is 0 Å². The molecule has 1 atom stereocenters. The summed E-state index contributed by atoms with van der Waals surface area (Å²) in [5, 5.41) is 5.55. The highest BCUT2D eigenvalue weighted by Crippen LogP contribution is 2.22. The Balaban J connectivity index is 1.55. The Morgan fingerprint density at radius 1 is 1.22 bits per heavy atom. The molecule has 1 aromatic carbocycles. The summed E-state index contributed by atoms with van der Waals surface area (Å²) >= 11 is 1.46. The van der Waals surface area contributed by atoms with Crippen molar-refractivity contribution >= 4 is 22.9 Å². The zero-order chi connectivity index (χ0) is 19.1. The SMILES string of the molecule is CCO[C@H](C)c1nc(C(=O)Nc2ccc(CN3CCCCCC3)cc2)cs1. The number of ether oxygens (including phenoxy) is 1. The van der Waals surface area contributed by atoms with Crippen LogP contribution >= 0.6 is 11.3 Å². The lowest BCUT2D eigenvalue weighted by Crippen LogP contribution is -2.23. The summed E-state index contributed by atoms with van der Waals surface area (Å²) in [5.41, 5.74) is 2.53. The van der Waals surface area contributed by atoms with Gasteiger partial charge in [0.25, 0.3) is 5.91 Å². The number of likely N-dealkylation sites (tertiary alicyclic amines) is 1. The Kier molecular flexibility index (Phi) is 7.38. The van der Waals surface area contributed by atoms with Gasteiger partial charge in [-0.3, -0.25) is 9.69 Å². The molecular weight excluding hydrogens is 358 g/mol. The number of aromatic nitrogens is 1. The number of carbonyl (C=O) groups excluding carboxylic acids is 1. The van der Waals surface area contributed by atoms with Crippen molar-refractivity contribution in [3.8, 4) is 0 Å². The van der Waals surface area contributed by atoms with Crippen molar-refractivity contribution in [1.29, 1.82) is 0 Å². The summed E-state index contributed by atoms with van der Waals surface area (Å²) < 4.78 is 5.53. The fourth-order valence-electron chi connectivity index (χ4n) is 3.34. The molecule has 0 saturated carbocycles. The highest BCUT2D eigenvalue weighted by atomic mass is 32.1. The number of nitrogens with zero attached hydrogens (tertiary/aromatic N) is 2. The van der Waals surface area contributed by atoms with Crippen molar-refractivity contribution in [3.05, 3.63) is 45.9 Å². The minimum absolute atomic E-state index is 0.0835. The maximum absolute atomic E-state index is 12.4. The van der Waals surface area contributed by atoms with E-state index >= 15 is 0 Å². The number of rotatable bonds is 7. The molecule has 0 unspecified atom stereocenters. The summed E-state index contributed by atoms with van der Waals surface area (Å²) in [6.07, 6.45) is 5.21. The first-order valence-electron chi connectivity index (χ1n) is 9.85. The number of thiazole rings is 1. The lowest BCUT2D eigenvalue weighted by molar-refractivity contribution is 0.0760. The van der Waals surface area contributed by atoms with E-state index in [1.54, 1.807) is 5.38 Å². The van der Waals surface area contributed by atoms with Gasteiger partial charge in [-0.2, -0.15) is 0 Å². The topological polar surface area (TPSA) is 54.5 Å². The van der Waals surface area contributed by atoms with Gasteiger partial charge in [0.1, 0.15) is 16.8 Å². The number of anilines is 1. The highest BCUT2D eigenvalue weighted by molar-refractivity contribution is 7.09. The number of carbonyl (C=O) groups is 1. The molecule has 1 saturated heterocycles. The zero-order valence-electron chi connectivity index (χ0n) is 16.2. The molecule has 27 heavy (non-hydrogen) atoms. The van der Waals surface area contributed by atoms with E-state index in [0.717, 1.165) is 17.2 Å². The Morgan fingerprint density at radius 3 is 2.59 bits per heavy atom. The van der Waals surface area contributed by atoms with Gasteiger partial charge in [0.15, 0.2) is 0 Å². The van der Waals surface area contributed by atoms with E-state index in [9.17, 15) is 4.79 Å². The summed E-state index contributed by atoms with van der Waals surface area (Å²) in [6.45, 7) is 7.89. The van der Waals surface area contributed by atoms with Gasteiger partial charge in [-0.1, -0.05) is 25.0 Å². The maximum atomic E-state index is 12.4. The van der Waals surface area contributed by atoms with Crippen LogP contribution in [0.15, 0.2) is 29.6 Å². The first-order valence-corrected chi connectivity index (χ1v) is 10.7. The van der Waals surface area contributed by atoms with Gasteiger partial charge in [-0.05, 0) is 57.5 Å². The average molecular weight is 388 g/mol. The third-order valence-corrected chi connectivity index (χ3v) is 5.84. The van der Waals surface area contributed by atoms with E-state index in [4.69, 9.17) is 4.74 Å². The molecule has 0 spiro atoms. The van der Waals surface area contributed by atoms with E-state index < -0.39 is 0 Å². The van der Waals surface area contributed by atoms with Crippen LogP contribution in [0.4, 0.5) is 5.69 Å². The molecule has 1 amide bonds. The Labute approximate surface area is 165 Å². The second-order valence-corrected chi connectivity index (χ2v) is 7.90. The number of amides is 1. The van der Waals surface area contributed by atoms with E-state index in [1.165, 1.54) is 55.7 Å². The highest BCUT2D eigenvalue weighted by Gasteiger charge is 2.15. The molecule has 1 aliphatic heterocycles. The summed E-state index contributed by atoms with van der Waals surface area (Å²) in [6, 6.07) is 8.15. The third-order valence-electron chi connectivity index (χ3n) is 4.84. The monoisotopic (exact) mass is 387 g/mol. The van der Waals surface area contributed by atoms with Crippen LogP contribution in [0.2, 0.25) is 0 Å². The van der Waals surface area contributed by atoms with Gasteiger partial charge >= 0.3 is 0 Å². The number of hydrogen-bond donors (Lipinski definition) is 1. The fourth-order valence-corrected chi connectivity index (χ4v) is 4.14. The van der Waals surface area contributed by atoms with E-state index in [0.29, 0.717) is 12.3 Å². The lowest BCUT2D eigenvalue weighted by Gasteiger charge is -2.19. The Morgan fingerprint density at radius 2 is 1.93 bits per heavy atom. The lowest BCUT2D eigenvalue weighted by atomic mass is 10.2. The second kappa shape index (κ2) is 9.97. The van der Waals surface area contributed by atoms with Crippen LogP contribution in [-0.2, 0) is 11.3 Å². The molecule has 1 aromatic heterocycles. The summed E-state index contributed by atoms with van der Waals surface area (Å²) in [7, 11) is 0. The van der Waals surface area contributed by atoms with Crippen molar-refractivity contribution in [1.82, 2.24) is 9.88 Å². The molecule has 1 fully saturated rings.